The van der Waals surface area contributed by atoms with Crippen molar-refractivity contribution >= 4 is 28.3 Å². The first-order valence-electron chi connectivity index (χ1n) is 13.0. The van der Waals surface area contributed by atoms with Gasteiger partial charge in [0.2, 0.25) is 0 Å². The molecule has 210 valence electrons. The van der Waals surface area contributed by atoms with E-state index in [4.69, 9.17) is 17.3 Å². The number of nitrogens with two attached hydrogens (primary N) is 1. The van der Waals surface area contributed by atoms with Crippen LogP contribution in [0.5, 0.6) is 0 Å². The number of fused-ring (bicyclic) bond motifs is 4. The van der Waals surface area contributed by atoms with Gasteiger partial charge in [-0.2, -0.15) is 18.3 Å². The number of aromatic nitrogens is 8. The number of nitrogens with one attached hydrogen (secondary N) is 2. The third-order valence-corrected chi connectivity index (χ3v) is 8.32. The molecule has 0 amide bonds. The molecule has 8 rings (SSSR count). The van der Waals surface area contributed by atoms with Crippen molar-refractivity contribution in [1.29, 1.82) is 0 Å². The van der Waals surface area contributed by atoms with E-state index in [1.165, 1.54) is 6.07 Å². The van der Waals surface area contributed by atoms with Gasteiger partial charge in [0.05, 0.1) is 35.3 Å². The maximum Gasteiger partial charge on any atom is 0.436 e. The van der Waals surface area contributed by atoms with Crippen molar-refractivity contribution in [2.45, 2.75) is 24.6 Å². The molecular weight excluding hydrogens is 571 g/mol. The number of hydrogen-bond acceptors (Lipinski definition) is 6. The minimum absolute atomic E-state index is 0.171. The van der Waals surface area contributed by atoms with Gasteiger partial charge in [0.25, 0.3) is 5.56 Å². The van der Waals surface area contributed by atoms with Crippen molar-refractivity contribution in [3.63, 3.8) is 0 Å². The molecule has 2 aromatic carbocycles. The van der Waals surface area contributed by atoms with Crippen LogP contribution in [0.15, 0.2) is 65.7 Å². The van der Waals surface area contributed by atoms with Crippen LogP contribution >= 0.6 is 11.6 Å². The smallest absolute Gasteiger partial charge is 0.382 e. The maximum atomic E-state index is 13.6. The van der Waals surface area contributed by atoms with E-state index in [1.807, 2.05) is 24.3 Å². The number of aromatic amines is 2. The van der Waals surface area contributed by atoms with Gasteiger partial charge in [-0.25, -0.2) is 9.67 Å². The third kappa shape index (κ3) is 3.76. The Morgan fingerprint density at radius 3 is 2.74 bits per heavy atom. The fraction of sp³-hybridized carbons (Fsp3) is 0.179. The molecule has 1 saturated carbocycles. The molecule has 2 aliphatic rings. The molecule has 3 atom stereocenters. The van der Waals surface area contributed by atoms with Gasteiger partial charge in [-0.15, -0.1) is 5.10 Å². The monoisotopic (exact) mass is 589 g/mol. The zero-order valence-corrected chi connectivity index (χ0v) is 22.1. The van der Waals surface area contributed by atoms with Crippen LogP contribution in [-0.2, 0) is 6.18 Å². The quantitative estimate of drug-likeness (QED) is 0.254. The SMILES string of the molecule is Nc1n[nH]c2cc(-c3ncc(C4C5CC5c5cc(-c6cc(Cl)ccc6-n6cc(C(F)(F)F)nn6)cc(=O)n54)[nH]3)ccc12. The first kappa shape index (κ1) is 24.9. The Kier molecular flexibility index (Phi) is 5.06. The van der Waals surface area contributed by atoms with E-state index in [0.29, 0.717) is 33.5 Å². The number of nitrogens with zero attached hydrogens (tertiary/aromatic N) is 6. The highest BCUT2D eigenvalue weighted by molar-refractivity contribution is 6.31. The van der Waals surface area contributed by atoms with Crippen LogP contribution in [0.4, 0.5) is 19.0 Å². The summed E-state index contributed by atoms with van der Waals surface area (Å²) in [6.45, 7) is 0. The lowest BCUT2D eigenvalue weighted by Gasteiger charge is -2.18. The highest BCUT2D eigenvalue weighted by Crippen LogP contribution is 2.60. The van der Waals surface area contributed by atoms with Gasteiger partial charge in [-0.05, 0) is 54.3 Å². The molecule has 1 aliphatic heterocycles. The zero-order chi connectivity index (χ0) is 28.9. The number of benzene rings is 2. The van der Waals surface area contributed by atoms with Crippen molar-refractivity contribution < 1.29 is 13.2 Å². The molecule has 14 heteroatoms. The minimum Gasteiger partial charge on any atom is -0.382 e. The van der Waals surface area contributed by atoms with Gasteiger partial charge in [0.15, 0.2) is 11.5 Å². The maximum absolute atomic E-state index is 13.6. The van der Waals surface area contributed by atoms with E-state index in [0.717, 1.165) is 45.2 Å². The van der Waals surface area contributed by atoms with Crippen molar-refractivity contribution in [3.8, 4) is 28.2 Å². The summed E-state index contributed by atoms with van der Waals surface area (Å²) in [4.78, 5) is 21.6. The first-order valence-corrected chi connectivity index (χ1v) is 13.4. The number of H-pyrrole nitrogens is 2. The normalized spacial score (nSPS) is 19.3. The molecule has 5 heterocycles. The Balaban J connectivity index is 1.18. The molecule has 10 nitrogen and oxygen atoms in total. The Labute approximate surface area is 239 Å². The molecule has 3 unspecified atom stereocenters. The van der Waals surface area contributed by atoms with Crippen molar-refractivity contribution in [2.75, 3.05) is 5.73 Å². The average Bonchev–Trinajstić information content (AvgIpc) is 3.37. The summed E-state index contributed by atoms with van der Waals surface area (Å²) >= 11 is 6.28. The van der Waals surface area contributed by atoms with Crippen LogP contribution in [0.25, 0.3) is 39.1 Å². The fourth-order valence-corrected chi connectivity index (χ4v) is 6.25. The lowest BCUT2D eigenvalue weighted by molar-refractivity contribution is -0.141. The Hall–Kier alpha value is -4.91. The standard InChI is InChI=1S/C28H19ClF3N9O/c29-14-2-4-21(40-11-23(37-39-40)28(30,31)32)16(8-14)13-6-22-17-9-18(17)25(41(22)24(42)7-13)20-10-34-27(35-20)12-1-3-15-19(5-12)36-38-26(15)33/h1-8,10-11,17-18,25H,9H2,(H,34,35)(H3,33,36,38). The Bertz CT molecular complexity index is 2110. The number of nitrogen functional groups attached to an aromatic ring is 1. The fourth-order valence-electron chi connectivity index (χ4n) is 6.08. The highest BCUT2D eigenvalue weighted by Gasteiger charge is 2.54. The van der Waals surface area contributed by atoms with Crippen LogP contribution in [0.2, 0.25) is 5.02 Å². The molecular formula is C28H19ClF3N9O. The van der Waals surface area contributed by atoms with Crippen LogP contribution in [-0.4, -0.2) is 39.7 Å². The topological polar surface area (TPSA) is 136 Å². The Morgan fingerprint density at radius 1 is 1.07 bits per heavy atom. The van der Waals surface area contributed by atoms with Gasteiger partial charge in [-0.1, -0.05) is 22.9 Å². The minimum atomic E-state index is -4.64. The van der Waals surface area contributed by atoms with E-state index in [-0.39, 0.29) is 23.4 Å². The predicted molar refractivity (Wildman–Crippen MR) is 148 cm³/mol. The highest BCUT2D eigenvalue weighted by atomic mass is 35.5. The van der Waals surface area contributed by atoms with Gasteiger partial charge in [0.1, 0.15) is 5.82 Å². The first-order chi connectivity index (χ1) is 20.2. The lowest BCUT2D eigenvalue weighted by atomic mass is 10.0. The van der Waals surface area contributed by atoms with Crippen molar-refractivity contribution in [2.24, 2.45) is 5.92 Å². The molecule has 6 aromatic rings. The van der Waals surface area contributed by atoms with Gasteiger partial charge in [-0.3, -0.25) is 9.89 Å². The zero-order valence-electron chi connectivity index (χ0n) is 21.4. The summed E-state index contributed by atoms with van der Waals surface area (Å²) in [5.41, 5.74) is 9.19. The van der Waals surface area contributed by atoms with E-state index < -0.39 is 11.9 Å². The second-order valence-corrected chi connectivity index (χ2v) is 11.0. The van der Waals surface area contributed by atoms with E-state index in [9.17, 15) is 18.0 Å². The average molecular weight is 590 g/mol. The largest absolute Gasteiger partial charge is 0.436 e. The van der Waals surface area contributed by atoms with Crippen LogP contribution in [0, 0.1) is 5.92 Å². The molecule has 0 radical (unpaired) electrons. The number of alkyl halides is 3. The number of anilines is 1. The summed E-state index contributed by atoms with van der Waals surface area (Å²) in [5, 5.41) is 15.1. The number of pyridine rings is 1. The summed E-state index contributed by atoms with van der Waals surface area (Å²) in [7, 11) is 0. The Morgan fingerprint density at radius 2 is 1.93 bits per heavy atom. The number of rotatable bonds is 4. The number of hydrogen-bond donors (Lipinski definition) is 3. The molecule has 1 fully saturated rings. The van der Waals surface area contributed by atoms with Crippen molar-refractivity contribution in [3.05, 3.63) is 93.4 Å². The van der Waals surface area contributed by atoms with Gasteiger partial charge < -0.3 is 15.3 Å². The second kappa shape index (κ2) is 8.55. The third-order valence-electron chi connectivity index (χ3n) is 8.08. The number of imidazole rings is 1. The second-order valence-electron chi connectivity index (χ2n) is 10.6. The molecule has 0 bridgehead atoms. The predicted octanol–water partition coefficient (Wildman–Crippen LogP) is 5.32. The van der Waals surface area contributed by atoms with Crippen LogP contribution < -0.4 is 11.3 Å². The van der Waals surface area contributed by atoms with Gasteiger partial charge in [0, 0.05) is 39.2 Å². The van der Waals surface area contributed by atoms with Crippen molar-refractivity contribution in [1.82, 2.24) is 39.7 Å². The molecule has 42 heavy (non-hydrogen) atoms. The number of halogens is 4. The van der Waals surface area contributed by atoms with Crippen LogP contribution in [0.1, 0.15) is 35.5 Å². The molecule has 4 aromatic heterocycles. The van der Waals surface area contributed by atoms with E-state index in [2.05, 4.69) is 30.5 Å². The summed E-state index contributed by atoms with van der Waals surface area (Å²) in [6.07, 6.45) is -1.16. The lowest BCUT2D eigenvalue weighted by Crippen LogP contribution is -2.26. The van der Waals surface area contributed by atoms with Crippen LogP contribution in [0.3, 0.4) is 0 Å². The summed E-state index contributed by atoms with van der Waals surface area (Å²) in [6, 6.07) is 13.6. The van der Waals surface area contributed by atoms with E-state index >= 15 is 0 Å². The molecule has 1 aliphatic carbocycles. The molecule has 4 N–H and O–H groups in total. The summed E-state index contributed by atoms with van der Waals surface area (Å²) < 4.78 is 42.4. The van der Waals surface area contributed by atoms with E-state index in [1.54, 1.807) is 29.0 Å². The molecule has 0 spiro atoms. The van der Waals surface area contributed by atoms with Gasteiger partial charge >= 0.3 is 6.18 Å². The molecule has 0 saturated heterocycles. The summed E-state index contributed by atoms with van der Waals surface area (Å²) in [5.74, 6) is 1.48.